The van der Waals surface area contributed by atoms with Crippen LogP contribution in [-0.4, -0.2) is 31.5 Å². The Balaban J connectivity index is 1.64. The first-order valence-electron chi connectivity index (χ1n) is 7.09. The van der Waals surface area contributed by atoms with Gasteiger partial charge in [0.1, 0.15) is 19.0 Å². The van der Waals surface area contributed by atoms with Crippen molar-refractivity contribution in [1.82, 2.24) is 0 Å². The molecule has 1 amide bonds. The number of ether oxygens (including phenoxy) is 3. The summed E-state index contributed by atoms with van der Waals surface area (Å²) in [6.45, 7) is 0.855. The van der Waals surface area contributed by atoms with Gasteiger partial charge < -0.3 is 19.9 Å². The van der Waals surface area contributed by atoms with Crippen LogP contribution in [0.25, 0.3) is 0 Å². The first-order chi connectivity index (χ1) is 11.1. The predicted molar refractivity (Wildman–Crippen MR) is 82.2 cm³/mol. The number of hydrogen-bond acceptors (Lipinski definition) is 5. The van der Waals surface area contributed by atoms with Gasteiger partial charge in [-0.2, -0.15) is 0 Å². The molecule has 1 aliphatic heterocycles. The Labute approximate surface area is 132 Å². The molecular weight excluding hydrogens is 298 g/mol. The molecule has 6 nitrogen and oxygen atoms in total. The minimum absolute atomic E-state index is 0.116. The first kappa shape index (κ1) is 14.9. The minimum atomic E-state index is -0.510. The van der Waals surface area contributed by atoms with Crippen molar-refractivity contribution < 1.29 is 23.8 Å². The number of ketones is 1. The van der Waals surface area contributed by atoms with Gasteiger partial charge in [0.15, 0.2) is 23.9 Å². The zero-order valence-electron chi connectivity index (χ0n) is 12.3. The lowest BCUT2D eigenvalue weighted by Crippen LogP contribution is -2.17. The molecule has 0 unspecified atom stereocenters. The van der Waals surface area contributed by atoms with Crippen molar-refractivity contribution >= 4 is 11.7 Å². The summed E-state index contributed by atoms with van der Waals surface area (Å²) in [5, 5.41) is 0. The molecule has 0 radical (unpaired) electrons. The summed E-state index contributed by atoms with van der Waals surface area (Å²) in [7, 11) is 0. The zero-order valence-corrected chi connectivity index (χ0v) is 12.3. The van der Waals surface area contributed by atoms with Crippen molar-refractivity contribution in [3.05, 3.63) is 53.6 Å². The quantitative estimate of drug-likeness (QED) is 0.851. The highest BCUT2D eigenvalue weighted by molar-refractivity contribution is 5.98. The van der Waals surface area contributed by atoms with Gasteiger partial charge in [0.05, 0.1) is 0 Å². The predicted octanol–water partition coefficient (Wildman–Crippen LogP) is 1.82. The summed E-state index contributed by atoms with van der Waals surface area (Å²) in [5.74, 6) is 0.995. The van der Waals surface area contributed by atoms with Crippen molar-refractivity contribution in [3.63, 3.8) is 0 Å². The van der Waals surface area contributed by atoms with Gasteiger partial charge in [-0.3, -0.25) is 9.59 Å². The van der Waals surface area contributed by atoms with Crippen LogP contribution in [0.4, 0.5) is 0 Å². The third kappa shape index (κ3) is 3.42. The van der Waals surface area contributed by atoms with Crippen molar-refractivity contribution in [3.8, 4) is 17.2 Å². The van der Waals surface area contributed by atoms with Crippen LogP contribution >= 0.6 is 0 Å². The molecule has 0 atom stereocenters. The van der Waals surface area contributed by atoms with Gasteiger partial charge in [-0.1, -0.05) is 0 Å². The van der Waals surface area contributed by atoms with Crippen LogP contribution in [0, 0.1) is 0 Å². The molecule has 0 aromatic heterocycles. The van der Waals surface area contributed by atoms with Gasteiger partial charge in [0.25, 0.3) is 0 Å². The van der Waals surface area contributed by atoms with Crippen LogP contribution < -0.4 is 19.9 Å². The molecule has 3 rings (SSSR count). The lowest BCUT2D eigenvalue weighted by molar-refractivity contribution is 0.0919. The van der Waals surface area contributed by atoms with Crippen LogP contribution in [0.15, 0.2) is 42.5 Å². The molecular formula is C17H15NO5. The van der Waals surface area contributed by atoms with Gasteiger partial charge in [-0.15, -0.1) is 0 Å². The standard InChI is InChI=1S/C17H15NO5/c18-17(20)11-1-4-13(5-2-11)23-10-14(19)12-3-6-15-16(9-12)22-8-7-21-15/h1-6,9H,7-8,10H2,(H2,18,20). The molecule has 0 saturated heterocycles. The highest BCUT2D eigenvalue weighted by Gasteiger charge is 2.15. The number of amides is 1. The maximum absolute atomic E-state index is 12.2. The second-order valence-electron chi connectivity index (χ2n) is 4.96. The average Bonchev–Trinajstić information content (AvgIpc) is 2.59. The molecule has 2 N–H and O–H groups in total. The van der Waals surface area contributed by atoms with E-state index in [4.69, 9.17) is 19.9 Å². The van der Waals surface area contributed by atoms with Gasteiger partial charge >= 0.3 is 0 Å². The largest absolute Gasteiger partial charge is 0.486 e. The monoisotopic (exact) mass is 313 g/mol. The van der Waals surface area contributed by atoms with Crippen LogP contribution in [0.5, 0.6) is 17.2 Å². The summed E-state index contributed by atoms with van der Waals surface area (Å²) in [6.07, 6.45) is 0. The second kappa shape index (κ2) is 6.39. The highest BCUT2D eigenvalue weighted by atomic mass is 16.6. The molecule has 1 aliphatic rings. The van der Waals surface area contributed by atoms with E-state index in [0.29, 0.717) is 41.6 Å². The van der Waals surface area contributed by atoms with E-state index in [2.05, 4.69) is 0 Å². The van der Waals surface area contributed by atoms with Gasteiger partial charge in [-0.05, 0) is 42.5 Å². The van der Waals surface area contributed by atoms with Crippen LogP contribution in [0.3, 0.4) is 0 Å². The fraction of sp³-hybridized carbons (Fsp3) is 0.176. The lowest BCUT2D eigenvalue weighted by Gasteiger charge is -2.18. The number of nitrogens with two attached hydrogens (primary N) is 1. The van der Waals surface area contributed by atoms with Crippen LogP contribution in [0.2, 0.25) is 0 Å². The third-order valence-corrected chi connectivity index (χ3v) is 3.37. The number of Topliss-reactive ketones (excluding diaryl/α,β-unsaturated/α-hetero) is 1. The molecule has 2 aromatic carbocycles. The summed E-state index contributed by atoms with van der Waals surface area (Å²) < 4.78 is 16.3. The average molecular weight is 313 g/mol. The maximum atomic E-state index is 12.2. The topological polar surface area (TPSA) is 87.9 Å². The van der Waals surface area contributed by atoms with Crippen molar-refractivity contribution in [2.45, 2.75) is 0 Å². The Kier molecular flexibility index (Phi) is 4.14. The van der Waals surface area contributed by atoms with Gasteiger partial charge in [0, 0.05) is 11.1 Å². The number of hydrogen-bond donors (Lipinski definition) is 1. The molecule has 0 aliphatic carbocycles. The van der Waals surface area contributed by atoms with E-state index in [-0.39, 0.29) is 12.4 Å². The molecule has 1 heterocycles. The van der Waals surface area contributed by atoms with Crippen LogP contribution in [0.1, 0.15) is 20.7 Å². The molecule has 2 aromatic rings. The summed E-state index contributed by atoms with van der Waals surface area (Å²) in [4.78, 5) is 23.2. The molecule has 0 spiro atoms. The Morgan fingerprint density at radius 2 is 1.61 bits per heavy atom. The number of fused-ring (bicyclic) bond motifs is 1. The molecule has 0 bridgehead atoms. The number of primary amides is 1. The van der Waals surface area contributed by atoms with E-state index in [1.807, 2.05) is 0 Å². The maximum Gasteiger partial charge on any atom is 0.248 e. The van der Waals surface area contributed by atoms with E-state index in [0.717, 1.165) is 0 Å². The minimum Gasteiger partial charge on any atom is -0.486 e. The number of carbonyl (C=O) groups is 2. The Bertz CT molecular complexity index is 739. The number of carbonyl (C=O) groups excluding carboxylic acids is 2. The SMILES string of the molecule is NC(=O)c1ccc(OCC(=O)c2ccc3c(c2)OCCO3)cc1. The molecule has 23 heavy (non-hydrogen) atoms. The Hall–Kier alpha value is -3.02. The van der Waals surface area contributed by atoms with E-state index in [9.17, 15) is 9.59 Å². The molecule has 0 fully saturated rings. The molecule has 0 saturated carbocycles. The lowest BCUT2D eigenvalue weighted by atomic mass is 10.1. The third-order valence-electron chi connectivity index (χ3n) is 3.37. The van der Waals surface area contributed by atoms with Gasteiger partial charge in [-0.25, -0.2) is 0 Å². The number of rotatable bonds is 5. The highest BCUT2D eigenvalue weighted by Crippen LogP contribution is 2.30. The summed E-state index contributed by atoms with van der Waals surface area (Å²) in [6, 6.07) is 11.3. The molecule has 118 valence electrons. The van der Waals surface area contributed by atoms with Crippen molar-refractivity contribution in [1.29, 1.82) is 0 Å². The van der Waals surface area contributed by atoms with E-state index < -0.39 is 5.91 Å². The fourth-order valence-corrected chi connectivity index (χ4v) is 2.16. The van der Waals surface area contributed by atoms with Gasteiger partial charge in [0.2, 0.25) is 5.91 Å². The Morgan fingerprint density at radius 3 is 2.30 bits per heavy atom. The smallest absolute Gasteiger partial charge is 0.248 e. The second-order valence-corrected chi connectivity index (χ2v) is 4.96. The Morgan fingerprint density at radius 1 is 0.957 bits per heavy atom. The first-order valence-corrected chi connectivity index (χ1v) is 7.09. The van der Waals surface area contributed by atoms with Crippen LogP contribution in [-0.2, 0) is 0 Å². The summed E-state index contributed by atoms with van der Waals surface area (Å²) in [5.41, 5.74) is 6.04. The summed E-state index contributed by atoms with van der Waals surface area (Å²) >= 11 is 0. The fourth-order valence-electron chi connectivity index (χ4n) is 2.16. The van der Waals surface area contributed by atoms with E-state index in [1.165, 1.54) is 0 Å². The zero-order chi connectivity index (χ0) is 16.2. The van der Waals surface area contributed by atoms with Crippen molar-refractivity contribution in [2.24, 2.45) is 5.73 Å². The van der Waals surface area contributed by atoms with E-state index in [1.54, 1.807) is 42.5 Å². The van der Waals surface area contributed by atoms with E-state index >= 15 is 0 Å². The normalized spacial score (nSPS) is 12.5. The number of benzene rings is 2. The van der Waals surface area contributed by atoms with Crippen molar-refractivity contribution in [2.75, 3.05) is 19.8 Å². The molecule has 6 heteroatoms.